The molecule has 2 aromatic rings. The van der Waals surface area contributed by atoms with Crippen LogP contribution in [-0.4, -0.2) is 58.5 Å². The van der Waals surface area contributed by atoms with Crippen LogP contribution in [0.3, 0.4) is 0 Å². The quantitative estimate of drug-likeness (QED) is 0.815. The molecule has 2 heterocycles. The molecule has 0 aromatic heterocycles. The van der Waals surface area contributed by atoms with E-state index < -0.39 is 0 Å². The maximum atomic E-state index is 12.6. The molecule has 0 aliphatic carbocycles. The number of rotatable bonds is 6. The highest BCUT2D eigenvalue weighted by molar-refractivity contribution is 5.95. The molecule has 0 spiro atoms. The second-order valence-corrected chi connectivity index (χ2v) is 7.43. The normalized spacial score (nSPS) is 17.2. The van der Waals surface area contributed by atoms with E-state index in [4.69, 9.17) is 9.47 Å². The first-order valence-corrected chi connectivity index (χ1v) is 10.4. The molecule has 0 bridgehead atoms. The predicted octanol–water partition coefficient (Wildman–Crippen LogP) is 2.93. The summed E-state index contributed by atoms with van der Waals surface area (Å²) in [6.45, 7) is 6.39. The van der Waals surface area contributed by atoms with Crippen molar-refractivity contribution in [1.29, 1.82) is 0 Å². The molecule has 0 atom stereocenters. The van der Waals surface area contributed by atoms with E-state index in [1.165, 1.54) is 11.3 Å². The number of ether oxygens (including phenoxy) is 2. The van der Waals surface area contributed by atoms with Crippen LogP contribution in [0.25, 0.3) is 0 Å². The number of anilines is 3. The van der Waals surface area contributed by atoms with Gasteiger partial charge in [-0.2, -0.15) is 0 Å². The first kappa shape index (κ1) is 19.7. The lowest BCUT2D eigenvalue weighted by molar-refractivity contribution is -0.116. The van der Waals surface area contributed by atoms with Crippen molar-refractivity contribution in [3.05, 3.63) is 54.1 Å². The van der Waals surface area contributed by atoms with Gasteiger partial charge in [-0.15, -0.1) is 0 Å². The fraction of sp³-hybridized carbons (Fsp3) is 0.435. The molecule has 0 saturated carbocycles. The van der Waals surface area contributed by atoms with Gasteiger partial charge in [-0.3, -0.25) is 4.79 Å². The summed E-state index contributed by atoms with van der Waals surface area (Å²) in [5, 5.41) is 3.14. The molecule has 2 aliphatic rings. The molecule has 1 amide bonds. The third-order valence-corrected chi connectivity index (χ3v) is 5.47. The average molecular weight is 396 g/mol. The molecule has 6 heteroatoms. The summed E-state index contributed by atoms with van der Waals surface area (Å²) in [7, 11) is 0. The third-order valence-electron chi connectivity index (χ3n) is 5.47. The Bertz CT molecular complexity index is 800. The fourth-order valence-corrected chi connectivity index (χ4v) is 3.83. The number of carbonyl (C=O) groups is 1. The van der Waals surface area contributed by atoms with Gasteiger partial charge in [0.1, 0.15) is 0 Å². The highest BCUT2D eigenvalue weighted by Crippen LogP contribution is 2.32. The minimum atomic E-state index is 0.0440. The summed E-state index contributed by atoms with van der Waals surface area (Å²) in [6.07, 6.45) is 1.21. The number of amides is 1. The fourth-order valence-electron chi connectivity index (χ4n) is 3.83. The molecule has 4 rings (SSSR count). The highest BCUT2D eigenvalue weighted by atomic mass is 16.5. The SMILES string of the molecule is O=C(CCc1ccccc1)Nc1ccc(N2CCOCC2)cc1N1CCOCC1. The molecule has 154 valence electrons. The van der Waals surface area contributed by atoms with Gasteiger partial charge in [-0.05, 0) is 30.2 Å². The Morgan fingerprint density at radius 1 is 0.862 bits per heavy atom. The maximum absolute atomic E-state index is 12.6. The largest absolute Gasteiger partial charge is 0.378 e. The van der Waals surface area contributed by atoms with E-state index in [0.717, 1.165) is 57.2 Å². The van der Waals surface area contributed by atoms with Crippen LogP contribution in [0.5, 0.6) is 0 Å². The Hall–Kier alpha value is -2.57. The van der Waals surface area contributed by atoms with Crippen LogP contribution >= 0.6 is 0 Å². The number of morpholine rings is 2. The van der Waals surface area contributed by atoms with Crippen molar-refractivity contribution in [2.45, 2.75) is 12.8 Å². The minimum absolute atomic E-state index is 0.0440. The van der Waals surface area contributed by atoms with Crippen LogP contribution in [0.4, 0.5) is 17.1 Å². The Morgan fingerprint density at radius 3 is 2.21 bits per heavy atom. The van der Waals surface area contributed by atoms with Gasteiger partial charge in [0.15, 0.2) is 0 Å². The van der Waals surface area contributed by atoms with E-state index in [1.54, 1.807) is 0 Å². The molecular formula is C23H29N3O3. The van der Waals surface area contributed by atoms with Gasteiger partial charge < -0.3 is 24.6 Å². The molecule has 0 radical (unpaired) electrons. The molecular weight excluding hydrogens is 366 g/mol. The summed E-state index contributed by atoms with van der Waals surface area (Å²) in [6, 6.07) is 16.5. The summed E-state index contributed by atoms with van der Waals surface area (Å²) in [5.41, 5.74) is 4.31. The van der Waals surface area contributed by atoms with Gasteiger partial charge >= 0.3 is 0 Å². The van der Waals surface area contributed by atoms with Crippen molar-refractivity contribution in [1.82, 2.24) is 0 Å². The van der Waals surface area contributed by atoms with Crippen LogP contribution in [0.2, 0.25) is 0 Å². The summed E-state index contributed by atoms with van der Waals surface area (Å²) < 4.78 is 11.0. The molecule has 2 aliphatic heterocycles. The first-order chi connectivity index (χ1) is 14.3. The predicted molar refractivity (Wildman–Crippen MR) is 116 cm³/mol. The Kier molecular flexibility index (Phi) is 6.64. The van der Waals surface area contributed by atoms with E-state index in [9.17, 15) is 4.79 Å². The van der Waals surface area contributed by atoms with E-state index in [0.29, 0.717) is 19.6 Å². The molecule has 2 aromatic carbocycles. The maximum Gasteiger partial charge on any atom is 0.224 e. The van der Waals surface area contributed by atoms with Crippen molar-refractivity contribution >= 4 is 23.0 Å². The van der Waals surface area contributed by atoms with Crippen LogP contribution in [0.15, 0.2) is 48.5 Å². The zero-order valence-electron chi connectivity index (χ0n) is 16.8. The second-order valence-electron chi connectivity index (χ2n) is 7.43. The van der Waals surface area contributed by atoms with E-state index in [-0.39, 0.29) is 5.91 Å². The zero-order valence-corrected chi connectivity index (χ0v) is 16.8. The number of aryl methyl sites for hydroxylation is 1. The van der Waals surface area contributed by atoms with Crippen LogP contribution < -0.4 is 15.1 Å². The van der Waals surface area contributed by atoms with Crippen molar-refractivity contribution in [2.24, 2.45) is 0 Å². The monoisotopic (exact) mass is 395 g/mol. The highest BCUT2D eigenvalue weighted by Gasteiger charge is 2.19. The minimum Gasteiger partial charge on any atom is -0.378 e. The summed E-state index contributed by atoms with van der Waals surface area (Å²) >= 11 is 0. The van der Waals surface area contributed by atoms with Gasteiger partial charge in [0.2, 0.25) is 5.91 Å². The van der Waals surface area contributed by atoms with Crippen molar-refractivity contribution in [3.8, 4) is 0 Å². The van der Waals surface area contributed by atoms with Crippen LogP contribution in [-0.2, 0) is 20.7 Å². The molecule has 6 nitrogen and oxygen atoms in total. The lowest BCUT2D eigenvalue weighted by atomic mass is 10.1. The Morgan fingerprint density at radius 2 is 1.52 bits per heavy atom. The molecule has 1 N–H and O–H groups in total. The summed E-state index contributed by atoms with van der Waals surface area (Å²) in [4.78, 5) is 17.3. The number of benzene rings is 2. The van der Waals surface area contributed by atoms with E-state index in [2.05, 4.69) is 39.4 Å². The lowest BCUT2D eigenvalue weighted by Crippen LogP contribution is -2.38. The zero-order chi connectivity index (χ0) is 19.9. The van der Waals surface area contributed by atoms with Crippen molar-refractivity contribution in [2.75, 3.05) is 67.7 Å². The van der Waals surface area contributed by atoms with Gasteiger partial charge in [0.25, 0.3) is 0 Å². The molecule has 29 heavy (non-hydrogen) atoms. The second kappa shape index (κ2) is 9.76. The smallest absolute Gasteiger partial charge is 0.224 e. The standard InChI is InChI=1S/C23H29N3O3/c27-23(9-6-19-4-2-1-3-5-19)24-21-8-7-20(25-10-14-28-15-11-25)18-22(21)26-12-16-29-17-13-26/h1-5,7-8,18H,6,9-17H2,(H,24,27). The van der Waals surface area contributed by atoms with Crippen molar-refractivity contribution < 1.29 is 14.3 Å². The van der Waals surface area contributed by atoms with Crippen molar-refractivity contribution in [3.63, 3.8) is 0 Å². The lowest BCUT2D eigenvalue weighted by Gasteiger charge is -2.33. The van der Waals surface area contributed by atoms with Crippen LogP contribution in [0, 0.1) is 0 Å². The number of carbonyl (C=O) groups excluding carboxylic acids is 1. The first-order valence-electron chi connectivity index (χ1n) is 10.4. The Labute approximate surface area is 172 Å². The van der Waals surface area contributed by atoms with E-state index in [1.807, 2.05) is 24.3 Å². The van der Waals surface area contributed by atoms with Crippen LogP contribution in [0.1, 0.15) is 12.0 Å². The van der Waals surface area contributed by atoms with Gasteiger partial charge in [0.05, 0.1) is 37.8 Å². The molecule has 2 fully saturated rings. The van der Waals surface area contributed by atoms with Gasteiger partial charge in [0, 0.05) is 38.3 Å². The van der Waals surface area contributed by atoms with E-state index >= 15 is 0 Å². The number of nitrogens with zero attached hydrogens (tertiary/aromatic N) is 2. The number of nitrogens with one attached hydrogen (secondary N) is 1. The number of hydrogen-bond donors (Lipinski definition) is 1. The third kappa shape index (κ3) is 5.28. The topological polar surface area (TPSA) is 54.0 Å². The molecule has 2 saturated heterocycles. The average Bonchev–Trinajstić information content (AvgIpc) is 2.80. The van der Waals surface area contributed by atoms with Gasteiger partial charge in [-0.1, -0.05) is 30.3 Å². The number of hydrogen-bond acceptors (Lipinski definition) is 5. The summed E-state index contributed by atoms with van der Waals surface area (Å²) in [5.74, 6) is 0.0440. The Balaban J connectivity index is 1.48. The van der Waals surface area contributed by atoms with Gasteiger partial charge in [-0.25, -0.2) is 0 Å². The molecule has 0 unspecified atom stereocenters.